The van der Waals surface area contributed by atoms with Gasteiger partial charge in [0.15, 0.2) is 0 Å². The highest BCUT2D eigenvalue weighted by Crippen LogP contribution is 2.19. The van der Waals surface area contributed by atoms with Gasteiger partial charge in [0.05, 0.1) is 11.6 Å². The molecule has 0 atom stereocenters. The first-order valence-electron chi connectivity index (χ1n) is 6.84. The number of nitriles is 1. The highest BCUT2D eigenvalue weighted by molar-refractivity contribution is 5.33. The molecule has 0 unspecified atom stereocenters. The SMILES string of the molecule is CC(C)C(CNCc1cc(F)cc(C#N)c1)C(C)C. The standard InChI is InChI=1S/C16H23FN2/c1-11(2)16(12(3)4)10-19-9-14-5-13(8-18)6-15(17)7-14/h5-7,11-12,16,19H,9-10H2,1-4H3. The number of hydrogen-bond donors (Lipinski definition) is 1. The Bertz CT molecular complexity index is 439. The fourth-order valence-electron chi connectivity index (χ4n) is 2.44. The van der Waals surface area contributed by atoms with E-state index >= 15 is 0 Å². The first-order valence-corrected chi connectivity index (χ1v) is 6.84. The molecule has 0 aliphatic heterocycles. The summed E-state index contributed by atoms with van der Waals surface area (Å²) in [5.41, 5.74) is 1.20. The molecule has 0 fully saturated rings. The molecular weight excluding hydrogens is 239 g/mol. The van der Waals surface area contributed by atoms with E-state index < -0.39 is 0 Å². The van der Waals surface area contributed by atoms with Gasteiger partial charge >= 0.3 is 0 Å². The van der Waals surface area contributed by atoms with Crippen LogP contribution in [0, 0.1) is 34.9 Å². The lowest BCUT2D eigenvalue weighted by Gasteiger charge is -2.25. The van der Waals surface area contributed by atoms with Crippen LogP contribution in [-0.4, -0.2) is 6.54 Å². The van der Waals surface area contributed by atoms with Crippen molar-refractivity contribution < 1.29 is 4.39 Å². The van der Waals surface area contributed by atoms with E-state index in [4.69, 9.17) is 5.26 Å². The van der Waals surface area contributed by atoms with E-state index in [1.807, 2.05) is 6.07 Å². The second-order valence-corrected chi connectivity index (χ2v) is 5.74. The van der Waals surface area contributed by atoms with Crippen molar-refractivity contribution in [1.29, 1.82) is 5.26 Å². The van der Waals surface area contributed by atoms with Gasteiger partial charge in [0, 0.05) is 6.54 Å². The van der Waals surface area contributed by atoms with Crippen molar-refractivity contribution in [2.24, 2.45) is 17.8 Å². The van der Waals surface area contributed by atoms with Crippen LogP contribution in [0.25, 0.3) is 0 Å². The van der Waals surface area contributed by atoms with Gasteiger partial charge in [0.25, 0.3) is 0 Å². The molecule has 0 aromatic heterocycles. The Morgan fingerprint density at radius 3 is 2.32 bits per heavy atom. The maximum absolute atomic E-state index is 13.3. The van der Waals surface area contributed by atoms with Crippen molar-refractivity contribution in [1.82, 2.24) is 5.32 Å². The van der Waals surface area contributed by atoms with Crippen molar-refractivity contribution in [3.8, 4) is 6.07 Å². The Balaban J connectivity index is 2.58. The van der Waals surface area contributed by atoms with Gasteiger partial charge in [0.1, 0.15) is 5.82 Å². The van der Waals surface area contributed by atoms with Crippen LogP contribution in [0.3, 0.4) is 0 Å². The third kappa shape index (κ3) is 5.00. The summed E-state index contributed by atoms with van der Waals surface area (Å²) in [6.07, 6.45) is 0. The van der Waals surface area contributed by atoms with Gasteiger partial charge in [-0.15, -0.1) is 0 Å². The molecule has 0 heterocycles. The highest BCUT2D eigenvalue weighted by Gasteiger charge is 2.16. The number of nitrogens with one attached hydrogen (secondary N) is 1. The van der Waals surface area contributed by atoms with Crippen LogP contribution >= 0.6 is 0 Å². The molecule has 0 aliphatic carbocycles. The van der Waals surface area contributed by atoms with Crippen molar-refractivity contribution in [2.75, 3.05) is 6.54 Å². The highest BCUT2D eigenvalue weighted by atomic mass is 19.1. The van der Waals surface area contributed by atoms with E-state index in [0.29, 0.717) is 29.9 Å². The van der Waals surface area contributed by atoms with E-state index in [9.17, 15) is 4.39 Å². The number of hydrogen-bond acceptors (Lipinski definition) is 2. The van der Waals surface area contributed by atoms with Crippen LogP contribution in [0.2, 0.25) is 0 Å². The van der Waals surface area contributed by atoms with Gasteiger partial charge in [-0.3, -0.25) is 0 Å². The zero-order valence-electron chi connectivity index (χ0n) is 12.2. The minimum Gasteiger partial charge on any atom is -0.312 e. The minimum absolute atomic E-state index is 0.347. The molecule has 104 valence electrons. The quantitative estimate of drug-likeness (QED) is 0.848. The van der Waals surface area contributed by atoms with E-state index in [1.165, 1.54) is 12.1 Å². The summed E-state index contributed by atoms with van der Waals surface area (Å²) >= 11 is 0. The second kappa shape index (κ2) is 7.25. The van der Waals surface area contributed by atoms with E-state index in [1.54, 1.807) is 6.07 Å². The molecule has 2 nitrogen and oxygen atoms in total. The first kappa shape index (κ1) is 15.7. The van der Waals surface area contributed by atoms with Gasteiger partial charge < -0.3 is 5.32 Å². The molecule has 0 spiro atoms. The Hall–Kier alpha value is -1.40. The molecule has 19 heavy (non-hydrogen) atoms. The molecule has 1 aromatic rings. The lowest BCUT2D eigenvalue weighted by Crippen LogP contribution is -2.29. The second-order valence-electron chi connectivity index (χ2n) is 5.74. The van der Waals surface area contributed by atoms with E-state index in [2.05, 4.69) is 33.0 Å². The third-order valence-electron chi connectivity index (χ3n) is 3.51. The lowest BCUT2D eigenvalue weighted by molar-refractivity contribution is 0.275. The maximum atomic E-state index is 13.3. The summed E-state index contributed by atoms with van der Waals surface area (Å²) < 4.78 is 13.3. The van der Waals surface area contributed by atoms with Crippen LogP contribution < -0.4 is 5.32 Å². The van der Waals surface area contributed by atoms with Crippen molar-refractivity contribution in [3.05, 3.63) is 35.1 Å². The molecule has 0 saturated heterocycles. The summed E-state index contributed by atoms with van der Waals surface area (Å²) in [6.45, 7) is 10.4. The number of benzene rings is 1. The molecule has 0 saturated carbocycles. The van der Waals surface area contributed by atoms with Crippen LogP contribution in [0.5, 0.6) is 0 Å². The zero-order chi connectivity index (χ0) is 14.4. The van der Waals surface area contributed by atoms with Crippen molar-refractivity contribution in [2.45, 2.75) is 34.2 Å². The maximum Gasteiger partial charge on any atom is 0.124 e. The van der Waals surface area contributed by atoms with E-state index in [-0.39, 0.29) is 5.82 Å². The average molecular weight is 262 g/mol. The van der Waals surface area contributed by atoms with Gasteiger partial charge in [-0.2, -0.15) is 5.26 Å². The predicted molar refractivity (Wildman–Crippen MR) is 76.0 cm³/mol. The van der Waals surface area contributed by atoms with Crippen molar-refractivity contribution >= 4 is 0 Å². The van der Waals surface area contributed by atoms with E-state index in [0.717, 1.165) is 12.1 Å². The van der Waals surface area contributed by atoms with Gasteiger partial charge in [-0.25, -0.2) is 4.39 Å². The van der Waals surface area contributed by atoms with Crippen LogP contribution in [0.1, 0.15) is 38.8 Å². The number of halogens is 1. The zero-order valence-corrected chi connectivity index (χ0v) is 12.2. The number of rotatable bonds is 6. The first-order chi connectivity index (χ1) is 8.93. The van der Waals surface area contributed by atoms with Gasteiger partial charge in [0.2, 0.25) is 0 Å². The average Bonchev–Trinajstić information content (AvgIpc) is 2.32. The monoisotopic (exact) mass is 262 g/mol. The summed E-state index contributed by atoms with van der Waals surface area (Å²) in [6, 6.07) is 6.45. The topological polar surface area (TPSA) is 35.8 Å². The fourth-order valence-corrected chi connectivity index (χ4v) is 2.44. The predicted octanol–water partition coefficient (Wildman–Crippen LogP) is 3.72. The third-order valence-corrected chi connectivity index (χ3v) is 3.51. The lowest BCUT2D eigenvalue weighted by atomic mass is 9.85. The number of nitrogens with zero attached hydrogens (tertiary/aromatic N) is 1. The fraction of sp³-hybridized carbons (Fsp3) is 0.562. The summed E-state index contributed by atoms with van der Waals surface area (Å²) in [7, 11) is 0. The summed E-state index contributed by atoms with van der Waals surface area (Å²) in [5, 5.41) is 12.2. The van der Waals surface area contributed by atoms with Gasteiger partial charge in [-0.1, -0.05) is 27.7 Å². The molecule has 1 rings (SSSR count). The molecule has 0 amide bonds. The smallest absolute Gasteiger partial charge is 0.124 e. The Morgan fingerprint density at radius 2 is 1.79 bits per heavy atom. The van der Waals surface area contributed by atoms with Crippen LogP contribution in [-0.2, 0) is 6.54 Å². The Labute approximate surface area is 115 Å². The molecule has 3 heteroatoms. The van der Waals surface area contributed by atoms with Crippen LogP contribution in [0.15, 0.2) is 18.2 Å². The molecule has 0 radical (unpaired) electrons. The summed E-state index contributed by atoms with van der Waals surface area (Å²) in [4.78, 5) is 0. The van der Waals surface area contributed by atoms with Crippen LogP contribution in [0.4, 0.5) is 4.39 Å². The van der Waals surface area contributed by atoms with Gasteiger partial charge in [-0.05, 0) is 48.1 Å². The Kier molecular flexibility index (Phi) is 5.98. The molecular formula is C16H23FN2. The summed E-state index contributed by atoms with van der Waals surface area (Å²) in [5.74, 6) is 1.49. The Morgan fingerprint density at radius 1 is 1.16 bits per heavy atom. The molecule has 1 aromatic carbocycles. The molecule has 1 N–H and O–H groups in total. The molecule has 0 bridgehead atoms. The molecule has 0 aliphatic rings. The largest absolute Gasteiger partial charge is 0.312 e. The van der Waals surface area contributed by atoms with Crippen molar-refractivity contribution in [3.63, 3.8) is 0 Å². The normalized spacial score (nSPS) is 11.3. The minimum atomic E-state index is -0.347.